The van der Waals surface area contributed by atoms with Crippen molar-refractivity contribution >= 4 is 11.8 Å². The minimum atomic E-state index is -0.289. The van der Waals surface area contributed by atoms with Crippen LogP contribution in [0.3, 0.4) is 0 Å². The Balaban J connectivity index is 1.56. The molecule has 0 N–H and O–H groups in total. The van der Waals surface area contributed by atoms with Crippen molar-refractivity contribution in [2.75, 3.05) is 13.2 Å². The molecule has 0 bridgehead atoms. The maximum atomic E-state index is 5.75. The number of thioether (sulfide) groups is 1. The van der Waals surface area contributed by atoms with Gasteiger partial charge in [-0.25, -0.2) is 0 Å². The van der Waals surface area contributed by atoms with Crippen molar-refractivity contribution in [1.82, 2.24) is 10.2 Å². The highest BCUT2D eigenvalue weighted by Crippen LogP contribution is 2.41. The summed E-state index contributed by atoms with van der Waals surface area (Å²) >= 11 is 1.69. The summed E-state index contributed by atoms with van der Waals surface area (Å²) in [4.78, 5) is 0. The first kappa shape index (κ1) is 14.4. The fourth-order valence-corrected chi connectivity index (χ4v) is 3.61. The van der Waals surface area contributed by atoms with Gasteiger partial charge in [-0.05, 0) is 12.8 Å². The molecule has 112 valence electrons. The predicted molar refractivity (Wildman–Crippen MR) is 75.7 cm³/mol. The van der Waals surface area contributed by atoms with Gasteiger partial charge in [0.15, 0.2) is 5.79 Å². The first-order chi connectivity index (χ1) is 9.47. The Morgan fingerprint density at radius 3 is 2.30 bits per heavy atom. The lowest BCUT2D eigenvalue weighted by Crippen LogP contribution is -2.35. The Bertz CT molecular complexity index is 453. The van der Waals surface area contributed by atoms with Crippen LogP contribution in [0.2, 0.25) is 0 Å². The molecule has 3 rings (SSSR count). The van der Waals surface area contributed by atoms with Crippen molar-refractivity contribution < 1.29 is 13.9 Å². The summed E-state index contributed by atoms with van der Waals surface area (Å²) in [6, 6.07) is 0. The van der Waals surface area contributed by atoms with Crippen LogP contribution in [-0.4, -0.2) is 34.4 Å². The van der Waals surface area contributed by atoms with Crippen molar-refractivity contribution in [2.24, 2.45) is 0 Å². The van der Waals surface area contributed by atoms with Gasteiger partial charge >= 0.3 is 0 Å². The smallest absolute Gasteiger partial charge is 0.276 e. The monoisotopic (exact) mass is 298 g/mol. The third-order valence-corrected chi connectivity index (χ3v) is 4.99. The highest BCUT2D eigenvalue weighted by Gasteiger charge is 2.40. The van der Waals surface area contributed by atoms with E-state index in [1.165, 1.54) is 0 Å². The van der Waals surface area contributed by atoms with Crippen molar-refractivity contribution in [3.05, 3.63) is 5.89 Å². The van der Waals surface area contributed by atoms with Gasteiger partial charge < -0.3 is 13.9 Å². The van der Waals surface area contributed by atoms with Gasteiger partial charge in [0.2, 0.25) is 5.89 Å². The van der Waals surface area contributed by atoms with E-state index in [1.807, 2.05) is 0 Å². The van der Waals surface area contributed by atoms with Gasteiger partial charge in [0.25, 0.3) is 5.22 Å². The second kappa shape index (κ2) is 5.31. The molecule has 1 aliphatic heterocycles. The van der Waals surface area contributed by atoms with Gasteiger partial charge in [-0.1, -0.05) is 32.5 Å². The van der Waals surface area contributed by atoms with Crippen molar-refractivity contribution in [3.63, 3.8) is 0 Å². The number of ether oxygens (including phenoxy) is 2. The number of nitrogens with zero attached hydrogens (tertiary/aromatic N) is 2. The molecule has 1 aromatic rings. The van der Waals surface area contributed by atoms with Crippen LogP contribution in [-0.2, 0) is 14.9 Å². The summed E-state index contributed by atoms with van der Waals surface area (Å²) in [5.74, 6) is 0.414. The summed E-state index contributed by atoms with van der Waals surface area (Å²) in [7, 11) is 0. The Hall–Kier alpha value is -0.590. The van der Waals surface area contributed by atoms with Crippen LogP contribution in [0.4, 0.5) is 0 Å². The van der Waals surface area contributed by atoms with Gasteiger partial charge in [0, 0.05) is 23.5 Å². The summed E-state index contributed by atoms with van der Waals surface area (Å²) < 4.78 is 17.2. The molecule has 20 heavy (non-hydrogen) atoms. The second-order valence-corrected chi connectivity index (χ2v) is 7.80. The zero-order valence-electron chi connectivity index (χ0n) is 12.3. The quantitative estimate of drug-likeness (QED) is 0.836. The first-order valence-corrected chi connectivity index (χ1v) is 8.13. The maximum absolute atomic E-state index is 5.75. The van der Waals surface area contributed by atoms with E-state index in [4.69, 9.17) is 13.9 Å². The standard InChI is InChI=1S/C14H22N2O3S/c1-13(2,3)11-15-16-12(19-11)20-10-4-6-14(7-5-10)17-8-9-18-14/h10H,4-9H2,1-3H3. The van der Waals surface area contributed by atoms with Crippen LogP contribution in [0, 0.1) is 0 Å². The Morgan fingerprint density at radius 2 is 1.75 bits per heavy atom. The van der Waals surface area contributed by atoms with Gasteiger partial charge in [0.1, 0.15) is 0 Å². The van der Waals surface area contributed by atoms with Crippen LogP contribution >= 0.6 is 11.8 Å². The molecule has 5 nitrogen and oxygen atoms in total. The Kier molecular flexibility index (Phi) is 3.81. The maximum Gasteiger partial charge on any atom is 0.276 e. The van der Waals surface area contributed by atoms with Crippen molar-refractivity contribution in [3.8, 4) is 0 Å². The van der Waals surface area contributed by atoms with E-state index in [0.717, 1.165) is 38.9 Å². The average molecular weight is 298 g/mol. The van der Waals surface area contributed by atoms with E-state index in [9.17, 15) is 0 Å². The fourth-order valence-electron chi connectivity index (χ4n) is 2.64. The first-order valence-electron chi connectivity index (χ1n) is 7.25. The molecule has 1 saturated heterocycles. The molecule has 2 heterocycles. The molecule has 0 radical (unpaired) electrons. The lowest BCUT2D eigenvalue weighted by Gasteiger charge is -2.34. The van der Waals surface area contributed by atoms with E-state index in [1.54, 1.807) is 11.8 Å². The van der Waals surface area contributed by atoms with Crippen LogP contribution in [0.1, 0.15) is 52.3 Å². The van der Waals surface area contributed by atoms with E-state index in [0.29, 0.717) is 16.4 Å². The van der Waals surface area contributed by atoms with Gasteiger partial charge in [-0.2, -0.15) is 0 Å². The summed E-state index contributed by atoms with van der Waals surface area (Å²) in [6.45, 7) is 7.70. The molecule has 1 aromatic heterocycles. The zero-order valence-corrected chi connectivity index (χ0v) is 13.2. The SMILES string of the molecule is CC(C)(C)c1nnc(SC2CCC3(CC2)OCCO3)o1. The van der Waals surface area contributed by atoms with E-state index < -0.39 is 0 Å². The molecule has 1 saturated carbocycles. The van der Waals surface area contributed by atoms with Gasteiger partial charge in [0.05, 0.1) is 13.2 Å². The van der Waals surface area contributed by atoms with Crippen LogP contribution in [0.15, 0.2) is 9.64 Å². The Labute approximate surface area is 123 Å². The average Bonchev–Trinajstić information content (AvgIpc) is 3.01. The topological polar surface area (TPSA) is 57.4 Å². The summed E-state index contributed by atoms with van der Waals surface area (Å²) in [5, 5.41) is 9.49. The number of aromatic nitrogens is 2. The predicted octanol–water partition coefficient (Wildman–Crippen LogP) is 3.14. The molecule has 6 heteroatoms. The largest absolute Gasteiger partial charge is 0.415 e. The lowest BCUT2D eigenvalue weighted by atomic mass is 9.94. The third-order valence-electron chi connectivity index (χ3n) is 3.82. The fraction of sp³-hybridized carbons (Fsp3) is 0.857. The highest BCUT2D eigenvalue weighted by molar-refractivity contribution is 7.99. The molecule has 2 aliphatic rings. The molecule has 0 aromatic carbocycles. The van der Waals surface area contributed by atoms with Crippen LogP contribution in [0.5, 0.6) is 0 Å². The molecule has 1 aliphatic carbocycles. The van der Waals surface area contributed by atoms with Gasteiger partial charge in [-0.15, -0.1) is 10.2 Å². The second-order valence-electron chi connectivity index (χ2n) is 6.55. The summed E-state index contributed by atoms with van der Waals surface area (Å²) in [5.41, 5.74) is -0.0893. The van der Waals surface area contributed by atoms with Crippen LogP contribution < -0.4 is 0 Å². The van der Waals surface area contributed by atoms with E-state index in [2.05, 4.69) is 31.0 Å². The number of hydrogen-bond donors (Lipinski definition) is 0. The third kappa shape index (κ3) is 3.02. The van der Waals surface area contributed by atoms with Gasteiger partial charge in [-0.3, -0.25) is 0 Å². The van der Waals surface area contributed by atoms with E-state index in [-0.39, 0.29) is 11.2 Å². The lowest BCUT2D eigenvalue weighted by molar-refractivity contribution is -0.175. The minimum Gasteiger partial charge on any atom is -0.415 e. The van der Waals surface area contributed by atoms with Crippen molar-refractivity contribution in [1.29, 1.82) is 0 Å². The normalized spacial score (nSPS) is 23.6. The Morgan fingerprint density at radius 1 is 1.10 bits per heavy atom. The van der Waals surface area contributed by atoms with E-state index >= 15 is 0 Å². The number of hydrogen-bond acceptors (Lipinski definition) is 6. The minimum absolute atomic E-state index is 0.0893. The molecule has 0 atom stereocenters. The molecule has 1 spiro atoms. The van der Waals surface area contributed by atoms with Crippen LogP contribution in [0.25, 0.3) is 0 Å². The molecule has 0 unspecified atom stereocenters. The molecule has 0 amide bonds. The molecule has 2 fully saturated rings. The number of rotatable bonds is 2. The molecular formula is C14H22N2O3S. The summed E-state index contributed by atoms with van der Waals surface area (Å²) in [6.07, 6.45) is 4.06. The van der Waals surface area contributed by atoms with Crippen molar-refractivity contribution in [2.45, 2.75) is 68.1 Å². The zero-order chi connectivity index (χ0) is 14.2. The molecular weight excluding hydrogens is 276 g/mol. The highest BCUT2D eigenvalue weighted by atomic mass is 32.2.